The number of nitrogen functional groups attached to an aromatic ring is 1. The van der Waals surface area contributed by atoms with Crippen LogP contribution >= 0.6 is 27.5 Å². The second-order valence-corrected chi connectivity index (χ2v) is 4.81. The van der Waals surface area contributed by atoms with Crippen molar-refractivity contribution >= 4 is 44.8 Å². The number of amides is 1. The van der Waals surface area contributed by atoms with Crippen LogP contribution in [0, 0.1) is 0 Å². The number of anilines is 2. The third kappa shape index (κ3) is 2.80. The molecule has 0 aliphatic heterocycles. The number of rotatable bonds is 2. The van der Waals surface area contributed by atoms with E-state index in [1.807, 2.05) is 0 Å². The van der Waals surface area contributed by atoms with Crippen molar-refractivity contribution in [3.05, 3.63) is 51.7 Å². The van der Waals surface area contributed by atoms with E-state index in [1.54, 1.807) is 24.3 Å². The zero-order valence-corrected chi connectivity index (χ0v) is 11.5. The van der Waals surface area contributed by atoms with E-state index in [-0.39, 0.29) is 5.91 Å². The lowest BCUT2D eigenvalue weighted by molar-refractivity contribution is 0.102. The molecule has 0 atom stereocenters. The lowest BCUT2D eigenvalue weighted by Gasteiger charge is -2.07. The van der Waals surface area contributed by atoms with Crippen molar-refractivity contribution in [1.82, 2.24) is 4.98 Å². The van der Waals surface area contributed by atoms with Crippen LogP contribution < -0.4 is 11.1 Å². The van der Waals surface area contributed by atoms with E-state index in [4.69, 9.17) is 17.3 Å². The van der Waals surface area contributed by atoms with E-state index in [0.717, 1.165) is 0 Å². The maximum absolute atomic E-state index is 12.0. The first-order valence-corrected chi connectivity index (χ1v) is 6.21. The van der Waals surface area contributed by atoms with Crippen LogP contribution in [-0.4, -0.2) is 10.9 Å². The number of hydrogen-bond acceptors (Lipinski definition) is 3. The molecule has 0 fully saturated rings. The van der Waals surface area contributed by atoms with E-state index in [0.29, 0.717) is 26.4 Å². The van der Waals surface area contributed by atoms with Crippen LogP contribution in [0.2, 0.25) is 5.02 Å². The van der Waals surface area contributed by atoms with Gasteiger partial charge in [-0.2, -0.15) is 0 Å². The van der Waals surface area contributed by atoms with Gasteiger partial charge in [0.2, 0.25) is 0 Å². The van der Waals surface area contributed by atoms with Crippen LogP contribution in [0.3, 0.4) is 0 Å². The third-order valence-electron chi connectivity index (χ3n) is 2.27. The van der Waals surface area contributed by atoms with Crippen LogP contribution in [0.25, 0.3) is 0 Å². The van der Waals surface area contributed by atoms with Gasteiger partial charge in [-0.05, 0) is 40.2 Å². The molecule has 18 heavy (non-hydrogen) atoms. The molecule has 2 aromatic rings. The van der Waals surface area contributed by atoms with Gasteiger partial charge in [-0.15, -0.1) is 0 Å². The molecule has 0 bridgehead atoms. The Kier molecular flexibility index (Phi) is 3.84. The van der Waals surface area contributed by atoms with Crippen LogP contribution in [0.1, 0.15) is 10.4 Å². The predicted octanol–water partition coefficient (Wildman–Crippen LogP) is 3.33. The Hall–Kier alpha value is -1.59. The maximum atomic E-state index is 12.0. The number of aromatic nitrogens is 1. The van der Waals surface area contributed by atoms with Crippen molar-refractivity contribution in [3.63, 3.8) is 0 Å². The monoisotopic (exact) mass is 325 g/mol. The Morgan fingerprint density at radius 1 is 1.39 bits per heavy atom. The number of halogens is 2. The number of carbonyl (C=O) groups excluding carboxylic acids is 1. The van der Waals surface area contributed by atoms with Crippen molar-refractivity contribution in [1.29, 1.82) is 0 Å². The Labute approximate surface area is 117 Å². The highest BCUT2D eigenvalue weighted by Crippen LogP contribution is 2.26. The van der Waals surface area contributed by atoms with E-state index in [1.165, 1.54) is 12.4 Å². The van der Waals surface area contributed by atoms with Crippen LogP contribution in [-0.2, 0) is 0 Å². The Morgan fingerprint density at radius 2 is 2.17 bits per heavy atom. The fourth-order valence-electron chi connectivity index (χ4n) is 1.39. The fourth-order valence-corrected chi connectivity index (χ4v) is 1.88. The van der Waals surface area contributed by atoms with E-state index >= 15 is 0 Å². The molecular weight excluding hydrogens is 318 g/mol. The van der Waals surface area contributed by atoms with Gasteiger partial charge in [0.1, 0.15) is 0 Å². The Balaban J connectivity index is 2.22. The molecule has 0 aliphatic carbocycles. The minimum Gasteiger partial charge on any atom is -0.397 e. The summed E-state index contributed by atoms with van der Waals surface area (Å²) < 4.78 is 0.713. The van der Waals surface area contributed by atoms with Gasteiger partial charge in [-0.3, -0.25) is 9.78 Å². The fraction of sp³-hybridized carbons (Fsp3) is 0. The summed E-state index contributed by atoms with van der Waals surface area (Å²) in [5.41, 5.74) is 7.03. The smallest absolute Gasteiger partial charge is 0.257 e. The Bertz CT molecular complexity index is 604. The van der Waals surface area contributed by atoms with Gasteiger partial charge in [0, 0.05) is 16.4 Å². The van der Waals surface area contributed by atoms with Gasteiger partial charge in [0.15, 0.2) is 0 Å². The van der Waals surface area contributed by atoms with Crippen molar-refractivity contribution in [2.75, 3.05) is 11.1 Å². The van der Waals surface area contributed by atoms with Crippen molar-refractivity contribution < 1.29 is 4.79 Å². The molecule has 0 unspecified atom stereocenters. The number of nitrogens with two attached hydrogens (primary N) is 1. The van der Waals surface area contributed by atoms with E-state index in [2.05, 4.69) is 26.2 Å². The maximum Gasteiger partial charge on any atom is 0.257 e. The number of hydrogen-bond donors (Lipinski definition) is 2. The molecule has 1 amide bonds. The highest BCUT2D eigenvalue weighted by atomic mass is 79.9. The zero-order valence-electron chi connectivity index (χ0n) is 9.15. The molecule has 0 saturated carbocycles. The quantitative estimate of drug-likeness (QED) is 0.889. The third-order valence-corrected chi connectivity index (χ3v) is 3.49. The second kappa shape index (κ2) is 5.37. The van der Waals surface area contributed by atoms with E-state index < -0.39 is 0 Å². The van der Waals surface area contributed by atoms with Crippen LogP contribution in [0.4, 0.5) is 11.4 Å². The molecule has 1 heterocycles. The predicted molar refractivity (Wildman–Crippen MR) is 75.8 cm³/mol. The molecule has 0 radical (unpaired) electrons. The molecular formula is C12H9BrClN3O. The molecule has 1 aromatic carbocycles. The first-order valence-electron chi connectivity index (χ1n) is 5.04. The minimum atomic E-state index is -0.288. The largest absolute Gasteiger partial charge is 0.397 e. The molecule has 2 rings (SSSR count). The molecule has 92 valence electrons. The summed E-state index contributed by atoms with van der Waals surface area (Å²) in [5.74, 6) is -0.288. The number of pyridine rings is 1. The van der Waals surface area contributed by atoms with Gasteiger partial charge >= 0.3 is 0 Å². The average molecular weight is 327 g/mol. The molecule has 0 aliphatic rings. The van der Waals surface area contributed by atoms with Gasteiger partial charge < -0.3 is 11.1 Å². The van der Waals surface area contributed by atoms with Crippen molar-refractivity contribution in [3.8, 4) is 0 Å². The zero-order chi connectivity index (χ0) is 13.1. The number of nitrogens with one attached hydrogen (secondary N) is 1. The standard InChI is InChI=1S/C12H9BrClN3O/c13-9-5-7(1-2-10(9)14)17-12(18)8-3-4-16-6-11(8)15/h1-6H,15H2,(H,17,18). The van der Waals surface area contributed by atoms with Gasteiger partial charge in [-0.25, -0.2) is 0 Å². The number of carbonyl (C=O) groups is 1. The normalized spacial score (nSPS) is 10.1. The summed E-state index contributed by atoms with van der Waals surface area (Å²) in [6.07, 6.45) is 2.95. The molecule has 0 spiro atoms. The molecule has 4 nitrogen and oxygen atoms in total. The highest BCUT2D eigenvalue weighted by molar-refractivity contribution is 9.10. The first-order chi connectivity index (χ1) is 8.58. The SMILES string of the molecule is Nc1cnccc1C(=O)Nc1ccc(Cl)c(Br)c1. The van der Waals surface area contributed by atoms with Gasteiger partial charge in [0.05, 0.1) is 22.5 Å². The van der Waals surface area contributed by atoms with Crippen LogP contribution in [0.15, 0.2) is 41.1 Å². The summed E-state index contributed by atoms with van der Waals surface area (Å²) in [7, 11) is 0. The minimum absolute atomic E-state index is 0.288. The number of benzene rings is 1. The van der Waals surface area contributed by atoms with Crippen LogP contribution in [0.5, 0.6) is 0 Å². The lowest BCUT2D eigenvalue weighted by atomic mass is 10.2. The summed E-state index contributed by atoms with van der Waals surface area (Å²) in [6.45, 7) is 0. The average Bonchev–Trinajstić information content (AvgIpc) is 2.34. The molecule has 0 saturated heterocycles. The summed E-state index contributed by atoms with van der Waals surface area (Å²) in [4.78, 5) is 15.8. The summed E-state index contributed by atoms with van der Waals surface area (Å²) in [5, 5.41) is 3.31. The molecule has 1 aromatic heterocycles. The van der Waals surface area contributed by atoms with E-state index in [9.17, 15) is 4.79 Å². The Morgan fingerprint density at radius 3 is 2.83 bits per heavy atom. The number of nitrogens with zero attached hydrogens (tertiary/aromatic N) is 1. The first kappa shape index (κ1) is 12.9. The van der Waals surface area contributed by atoms with Crippen molar-refractivity contribution in [2.45, 2.75) is 0 Å². The summed E-state index contributed by atoms with van der Waals surface area (Å²) in [6, 6.07) is 6.69. The van der Waals surface area contributed by atoms with Gasteiger partial charge in [-0.1, -0.05) is 11.6 Å². The topological polar surface area (TPSA) is 68.0 Å². The lowest BCUT2D eigenvalue weighted by Crippen LogP contribution is -2.14. The summed E-state index contributed by atoms with van der Waals surface area (Å²) >= 11 is 9.16. The molecule has 3 N–H and O–H groups in total. The van der Waals surface area contributed by atoms with Gasteiger partial charge in [0.25, 0.3) is 5.91 Å². The highest BCUT2D eigenvalue weighted by Gasteiger charge is 2.10. The second-order valence-electron chi connectivity index (χ2n) is 3.55. The van der Waals surface area contributed by atoms with Crippen molar-refractivity contribution in [2.24, 2.45) is 0 Å². The molecule has 6 heteroatoms.